The van der Waals surface area contributed by atoms with Crippen molar-refractivity contribution in [2.24, 2.45) is 0 Å². The zero-order valence-electron chi connectivity index (χ0n) is 13.1. The van der Waals surface area contributed by atoms with E-state index in [9.17, 15) is 0 Å². The number of methoxy groups -OCH3 is 1. The van der Waals surface area contributed by atoms with E-state index >= 15 is 0 Å². The zero-order valence-corrected chi connectivity index (χ0v) is 13.1. The monoisotopic (exact) mass is 294 g/mol. The molecule has 3 rings (SSSR count). The van der Waals surface area contributed by atoms with Gasteiger partial charge in [-0.3, -0.25) is 0 Å². The van der Waals surface area contributed by atoms with E-state index in [0.29, 0.717) is 5.92 Å². The van der Waals surface area contributed by atoms with Crippen molar-refractivity contribution in [3.05, 3.63) is 65.9 Å². The summed E-state index contributed by atoms with van der Waals surface area (Å²) in [4.78, 5) is 3.39. The average Bonchev–Trinajstić information content (AvgIpc) is 2.99. The van der Waals surface area contributed by atoms with Gasteiger partial charge >= 0.3 is 0 Å². The van der Waals surface area contributed by atoms with Gasteiger partial charge in [0.25, 0.3) is 0 Å². The summed E-state index contributed by atoms with van der Waals surface area (Å²) in [5, 5.41) is 4.51. The molecule has 0 saturated carbocycles. The highest BCUT2D eigenvalue weighted by Crippen LogP contribution is 2.34. The van der Waals surface area contributed by atoms with Gasteiger partial charge in [-0.1, -0.05) is 30.3 Å². The molecule has 0 bridgehead atoms. The fourth-order valence-corrected chi connectivity index (χ4v) is 3.01. The van der Waals surface area contributed by atoms with E-state index in [1.54, 1.807) is 7.11 Å². The first kappa shape index (κ1) is 14.7. The van der Waals surface area contributed by atoms with Crippen LogP contribution in [0.3, 0.4) is 0 Å². The molecule has 114 valence electrons. The van der Waals surface area contributed by atoms with Crippen molar-refractivity contribution >= 4 is 10.9 Å². The van der Waals surface area contributed by atoms with Gasteiger partial charge in [-0.25, -0.2) is 0 Å². The molecule has 1 atom stereocenters. The highest BCUT2D eigenvalue weighted by molar-refractivity contribution is 5.85. The topological polar surface area (TPSA) is 37.0 Å². The van der Waals surface area contributed by atoms with E-state index in [0.717, 1.165) is 24.2 Å². The summed E-state index contributed by atoms with van der Waals surface area (Å²) in [7, 11) is 3.71. The maximum Gasteiger partial charge on any atom is 0.119 e. The summed E-state index contributed by atoms with van der Waals surface area (Å²) >= 11 is 0. The Hall–Kier alpha value is -2.26. The van der Waals surface area contributed by atoms with Gasteiger partial charge in [0.2, 0.25) is 0 Å². The minimum atomic E-state index is 0.370. The highest BCUT2D eigenvalue weighted by Gasteiger charge is 2.18. The molecule has 0 aliphatic heterocycles. The molecular weight excluding hydrogens is 272 g/mol. The molecule has 0 radical (unpaired) electrons. The molecule has 1 aromatic heterocycles. The maximum atomic E-state index is 5.39. The number of ether oxygens (including phenoxy) is 1. The normalized spacial score (nSPS) is 12.5. The molecule has 0 fully saturated rings. The number of nitrogens with one attached hydrogen (secondary N) is 2. The van der Waals surface area contributed by atoms with Gasteiger partial charge in [0, 0.05) is 23.0 Å². The lowest BCUT2D eigenvalue weighted by atomic mass is 9.88. The Morgan fingerprint density at radius 3 is 2.68 bits per heavy atom. The standard InChI is InChI=1S/C19H22N2O/c1-20-11-10-16(14-6-4-3-5-7-14)18-13-21-19-9-8-15(22-2)12-17(18)19/h3-9,12-13,16,20-21H,10-11H2,1-2H3. The second-order valence-electron chi connectivity index (χ2n) is 5.51. The van der Waals surface area contributed by atoms with Crippen LogP contribution in [-0.4, -0.2) is 25.7 Å². The molecule has 3 aromatic rings. The number of H-pyrrole nitrogens is 1. The second kappa shape index (κ2) is 6.67. The van der Waals surface area contributed by atoms with Crippen LogP contribution in [0.1, 0.15) is 23.5 Å². The molecular formula is C19H22N2O. The zero-order chi connectivity index (χ0) is 15.4. The molecule has 0 amide bonds. The Balaban J connectivity index is 2.07. The summed E-state index contributed by atoms with van der Waals surface area (Å²) in [6.45, 7) is 0.982. The predicted molar refractivity (Wildman–Crippen MR) is 91.7 cm³/mol. The van der Waals surface area contributed by atoms with Crippen LogP contribution in [0.25, 0.3) is 10.9 Å². The van der Waals surface area contributed by atoms with Gasteiger partial charge in [0.05, 0.1) is 7.11 Å². The van der Waals surface area contributed by atoms with Gasteiger partial charge in [0.1, 0.15) is 5.75 Å². The summed E-state index contributed by atoms with van der Waals surface area (Å²) < 4.78 is 5.39. The molecule has 1 unspecified atom stereocenters. The summed E-state index contributed by atoms with van der Waals surface area (Å²) in [5.41, 5.74) is 3.83. The van der Waals surface area contributed by atoms with Crippen LogP contribution in [0.4, 0.5) is 0 Å². The van der Waals surface area contributed by atoms with Crippen LogP contribution in [0.15, 0.2) is 54.7 Å². The largest absolute Gasteiger partial charge is 0.497 e. The number of aromatic nitrogens is 1. The molecule has 0 aliphatic carbocycles. The van der Waals surface area contributed by atoms with Crippen LogP contribution in [0.2, 0.25) is 0 Å². The molecule has 22 heavy (non-hydrogen) atoms. The van der Waals surface area contributed by atoms with Gasteiger partial charge in [-0.05, 0) is 49.3 Å². The van der Waals surface area contributed by atoms with Crippen molar-refractivity contribution < 1.29 is 4.74 Å². The van der Waals surface area contributed by atoms with E-state index in [2.05, 4.69) is 59.0 Å². The lowest BCUT2D eigenvalue weighted by Gasteiger charge is -2.17. The number of benzene rings is 2. The lowest BCUT2D eigenvalue weighted by Crippen LogP contribution is -2.13. The molecule has 1 heterocycles. The Bertz CT molecular complexity index is 734. The van der Waals surface area contributed by atoms with Gasteiger partial charge < -0.3 is 15.0 Å². The molecule has 0 saturated heterocycles. The third kappa shape index (κ3) is 2.85. The maximum absolute atomic E-state index is 5.39. The van der Waals surface area contributed by atoms with Crippen LogP contribution < -0.4 is 10.1 Å². The highest BCUT2D eigenvalue weighted by atomic mass is 16.5. The van der Waals surface area contributed by atoms with E-state index < -0.39 is 0 Å². The SMILES string of the molecule is CNCCC(c1ccccc1)c1c[nH]c2ccc(OC)cc12. The third-order valence-corrected chi connectivity index (χ3v) is 4.18. The molecule has 2 aromatic carbocycles. The van der Waals surface area contributed by atoms with Crippen molar-refractivity contribution in [2.75, 3.05) is 20.7 Å². The first-order valence-electron chi connectivity index (χ1n) is 7.68. The molecule has 3 heteroatoms. The van der Waals surface area contributed by atoms with E-state index in [1.165, 1.54) is 16.5 Å². The van der Waals surface area contributed by atoms with Crippen molar-refractivity contribution in [1.29, 1.82) is 0 Å². The minimum absolute atomic E-state index is 0.370. The smallest absolute Gasteiger partial charge is 0.119 e. The number of hydrogen-bond acceptors (Lipinski definition) is 2. The quantitative estimate of drug-likeness (QED) is 0.723. The van der Waals surface area contributed by atoms with Gasteiger partial charge in [0.15, 0.2) is 0 Å². The Morgan fingerprint density at radius 2 is 1.95 bits per heavy atom. The number of fused-ring (bicyclic) bond motifs is 1. The Morgan fingerprint density at radius 1 is 1.14 bits per heavy atom. The summed E-state index contributed by atoms with van der Waals surface area (Å²) in [6.07, 6.45) is 3.20. The minimum Gasteiger partial charge on any atom is -0.497 e. The van der Waals surface area contributed by atoms with Crippen molar-refractivity contribution in [2.45, 2.75) is 12.3 Å². The summed E-state index contributed by atoms with van der Waals surface area (Å²) in [5.74, 6) is 1.27. The van der Waals surface area contributed by atoms with Crippen molar-refractivity contribution in [3.8, 4) is 5.75 Å². The van der Waals surface area contributed by atoms with Crippen LogP contribution in [0.5, 0.6) is 5.75 Å². The van der Waals surface area contributed by atoms with Crippen molar-refractivity contribution in [1.82, 2.24) is 10.3 Å². The lowest BCUT2D eigenvalue weighted by molar-refractivity contribution is 0.415. The number of rotatable bonds is 6. The van der Waals surface area contributed by atoms with Gasteiger partial charge in [-0.15, -0.1) is 0 Å². The van der Waals surface area contributed by atoms with Gasteiger partial charge in [-0.2, -0.15) is 0 Å². The third-order valence-electron chi connectivity index (χ3n) is 4.18. The fraction of sp³-hybridized carbons (Fsp3) is 0.263. The second-order valence-corrected chi connectivity index (χ2v) is 5.51. The first-order valence-corrected chi connectivity index (χ1v) is 7.68. The van der Waals surface area contributed by atoms with E-state index in [4.69, 9.17) is 4.74 Å². The molecule has 3 nitrogen and oxygen atoms in total. The van der Waals surface area contributed by atoms with Crippen LogP contribution >= 0.6 is 0 Å². The van der Waals surface area contributed by atoms with E-state index in [-0.39, 0.29) is 0 Å². The van der Waals surface area contributed by atoms with Crippen LogP contribution in [-0.2, 0) is 0 Å². The number of hydrogen-bond donors (Lipinski definition) is 2. The van der Waals surface area contributed by atoms with E-state index in [1.807, 2.05) is 13.1 Å². The van der Waals surface area contributed by atoms with Crippen molar-refractivity contribution in [3.63, 3.8) is 0 Å². The predicted octanol–water partition coefficient (Wildman–Crippen LogP) is 3.92. The Labute approximate surface area is 131 Å². The fourth-order valence-electron chi connectivity index (χ4n) is 3.01. The summed E-state index contributed by atoms with van der Waals surface area (Å²) in [6, 6.07) is 16.9. The number of aromatic amines is 1. The molecule has 0 spiro atoms. The van der Waals surface area contributed by atoms with Crippen LogP contribution in [0, 0.1) is 0 Å². The average molecular weight is 294 g/mol. The molecule has 2 N–H and O–H groups in total. The Kier molecular flexibility index (Phi) is 4.45. The first-order chi connectivity index (χ1) is 10.8. The molecule has 0 aliphatic rings.